The average Bonchev–Trinajstić information content (AvgIpc) is 3.77. The van der Waals surface area contributed by atoms with Gasteiger partial charge in [0.15, 0.2) is 4.80 Å². The highest BCUT2D eigenvalue weighted by molar-refractivity contribution is 7.10. The lowest BCUT2D eigenvalue weighted by molar-refractivity contribution is -0.139. The summed E-state index contributed by atoms with van der Waals surface area (Å²) in [7, 11) is 0. The van der Waals surface area contributed by atoms with Crippen LogP contribution in [0.15, 0.2) is 93.7 Å². The molecule has 1 amide bonds. The van der Waals surface area contributed by atoms with Crippen molar-refractivity contribution in [2.75, 3.05) is 19.7 Å². The monoisotopic (exact) mass is 624 g/mol. The molecule has 10 heteroatoms. The normalized spacial score (nSPS) is 14.9. The van der Waals surface area contributed by atoms with E-state index in [9.17, 15) is 14.4 Å². The van der Waals surface area contributed by atoms with Crippen molar-refractivity contribution >= 4 is 57.2 Å². The number of thiophene rings is 1. The molecule has 3 aromatic heterocycles. The number of hydrogen-bond acceptors (Lipinski definition) is 7. The van der Waals surface area contributed by atoms with Gasteiger partial charge in [0.25, 0.3) is 5.56 Å². The molecule has 0 N–H and O–H groups in total. The van der Waals surface area contributed by atoms with E-state index in [-0.39, 0.29) is 24.6 Å². The predicted octanol–water partition coefficient (Wildman–Crippen LogP) is 4.82. The number of thiazole rings is 1. The lowest BCUT2D eigenvalue weighted by Gasteiger charge is -2.24. The Morgan fingerprint density at radius 1 is 1.00 bits per heavy atom. The van der Waals surface area contributed by atoms with Crippen molar-refractivity contribution < 1.29 is 14.3 Å². The Balaban J connectivity index is 1.55. The predicted molar refractivity (Wildman–Crippen MR) is 175 cm³/mol. The first kappa shape index (κ1) is 29.5. The number of fused-ring (bicyclic) bond motifs is 2. The van der Waals surface area contributed by atoms with Gasteiger partial charge in [-0.1, -0.05) is 65.9 Å². The fourth-order valence-corrected chi connectivity index (χ4v) is 7.46. The van der Waals surface area contributed by atoms with E-state index in [0.29, 0.717) is 33.7 Å². The Morgan fingerprint density at radius 2 is 1.75 bits per heavy atom. The van der Waals surface area contributed by atoms with Gasteiger partial charge in [0, 0.05) is 46.2 Å². The fraction of sp³-hybridized carbons (Fsp3) is 0.235. The standard InChI is InChI=1S/C34H32N4O4S2/c1-4-36(5-2)28(39)21-37-20-23(24-15-10-11-16-25(24)37)19-27-32(40)38-31(26-17-12-18-43-26)29(33(41)42-6-3)30(35-34(38)44-27)22-13-8-7-9-14-22/h7-20,31H,4-6,21H2,1-3H3. The molecule has 0 radical (unpaired) electrons. The summed E-state index contributed by atoms with van der Waals surface area (Å²) in [6.07, 6.45) is 3.80. The van der Waals surface area contributed by atoms with E-state index in [1.54, 1.807) is 11.5 Å². The zero-order valence-electron chi connectivity index (χ0n) is 24.7. The van der Waals surface area contributed by atoms with Crippen LogP contribution in [0.2, 0.25) is 0 Å². The van der Waals surface area contributed by atoms with E-state index in [1.165, 1.54) is 22.7 Å². The summed E-state index contributed by atoms with van der Waals surface area (Å²) in [5, 5.41) is 2.88. The van der Waals surface area contributed by atoms with Crippen molar-refractivity contribution in [2.45, 2.75) is 33.4 Å². The molecular weight excluding hydrogens is 593 g/mol. The van der Waals surface area contributed by atoms with Gasteiger partial charge in [0.2, 0.25) is 5.91 Å². The van der Waals surface area contributed by atoms with Crippen molar-refractivity contribution in [3.8, 4) is 0 Å². The van der Waals surface area contributed by atoms with Crippen LogP contribution >= 0.6 is 22.7 Å². The minimum atomic E-state index is -0.685. The van der Waals surface area contributed by atoms with Gasteiger partial charge in [-0.2, -0.15) is 0 Å². The lowest BCUT2D eigenvalue weighted by Crippen LogP contribution is -2.39. The summed E-state index contributed by atoms with van der Waals surface area (Å²) in [5.74, 6) is -0.457. The molecular formula is C34H32N4O4S2. The zero-order chi connectivity index (χ0) is 30.8. The van der Waals surface area contributed by atoms with Crippen molar-refractivity contribution in [3.05, 3.63) is 120 Å². The van der Waals surface area contributed by atoms with Gasteiger partial charge < -0.3 is 14.2 Å². The maximum absolute atomic E-state index is 14.2. The molecule has 0 aliphatic carbocycles. The number of amides is 1. The van der Waals surface area contributed by atoms with Crippen LogP contribution in [0, 0.1) is 0 Å². The van der Waals surface area contributed by atoms with E-state index >= 15 is 0 Å². The first-order valence-electron chi connectivity index (χ1n) is 14.6. The zero-order valence-corrected chi connectivity index (χ0v) is 26.4. The summed E-state index contributed by atoms with van der Waals surface area (Å²) in [6.45, 7) is 7.41. The number of likely N-dealkylation sites (N-methyl/N-ethyl adjacent to an activating group) is 1. The Labute approximate surface area is 262 Å². The third kappa shape index (κ3) is 5.35. The number of nitrogens with zero attached hydrogens (tertiary/aromatic N) is 4. The molecule has 5 aromatic rings. The SMILES string of the molecule is CCOC(=O)C1=C(c2ccccc2)N=c2sc(=Cc3cn(CC(=O)N(CC)CC)c4ccccc34)c(=O)n2C1c1cccs1. The van der Waals surface area contributed by atoms with Crippen LogP contribution in [0.5, 0.6) is 0 Å². The molecule has 44 heavy (non-hydrogen) atoms. The van der Waals surface area contributed by atoms with E-state index in [1.807, 2.05) is 108 Å². The number of carbonyl (C=O) groups is 2. The largest absolute Gasteiger partial charge is 0.463 e. The third-order valence-electron chi connectivity index (χ3n) is 7.71. The van der Waals surface area contributed by atoms with E-state index < -0.39 is 12.0 Å². The van der Waals surface area contributed by atoms with E-state index in [0.717, 1.165) is 26.9 Å². The Hall–Kier alpha value is -4.54. The van der Waals surface area contributed by atoms with Crippen LogP contribution in [-0.4, -0.2) is 45.6 Å². The van der Waals surface area contributed by atoms with Crippen LogP contribution in [-0.2, 0) is 20.9 Å². The van der Waals surface area contributed by atoms with Crippen LogP contribution < -0.4 is 14.9 Å². The summed E-state index contributed by atoms with van der Waals surface area (Å²) in [5.41, 5.74) is 3.12. The number of para-hydroxylation sites is 1. The van der Waals surface area contributed by atoms with Crippen LogP contribution in [0.1, 0.15) is 42.8 Å². The topological polar surface area (TPSA) is 85.9 Å². The van der Waals surface area contributed by atoms with Gasteiger partial charge in [0.05, 0.1) is 22.4 Å². The number of benzene rings is 2. The highest BCUT2D eigenvalue weighted by Crippen LogP contribution is 2.36. The summed E-state index contributed by atoms with van der Waals surface area (Å²) < 4.78 is 9.57. The smallest absolute Gasteiger partial charge is 0.338 e. The van der Waals surface area contributed by atoms with Crippen LogP contribution in [0.25, 0.3) is 22.7 Å². The number of rotatable bonds is 9. The first-order valence-corrected chi connectivity index (χ1v) is 16.3. The van der Waals surface area contributed by atoms with Crippen LogP contribution in [0.3, 0.4) is 0 Å². The quantitative estimate of drug-likeness (QED) is 0.220. The molecule has 8 nitrogen and oxygen atoms in total. The second kappa shape index (κ2) is 12.6. The molecule has 1 unspecified atom stereocenters. The second-order valence-electron chi connectivity index (χ2n) is 10.2. The summed E-state index contributed by atoms with van der Waals surface area (Å²) >= 11 is 2.77. The molecule has 0 spiro atoms. The molecule has 1 atom stereocenters. The number of aromatic nitrogens is 2. The highest BCUT2D eigenvalue weighted by Gasteiger charge is 2.35. The molecule has 224 valence electrons. The van der Waals surface area contributed by atoms with Crippen molar-refractivity contribution in [1.29, 1.82) is 0 Å². The molecule has 0 saturated carbocycles. The molecule has 0 saturated heterocycles. The Kier molecular flexibility index (Phi) is 8.45. The van der Waals surface area contributed by atoms with Gasteiger partial charge in [-0.25, -0.2) is 9.79 Å². The van der Waals surface area contributed by atoms with Crippen LogP contribution in [0.4, 0.5) is 0 Å². The van der Waals surface area contributed by atoms with Crippen molar-refractivity contribution in [1.82, 2.24) is 14.0 Å². The molecule has 0 bridgehead atoms. The molecule has 1 aliphatic heterocycles. The first-order chi connectivity index (χ1) is 21.4. The number of ether oxygens (including phenoxy) is 1. The fourth-order valence-electron chi connectivity index (χ4n) is 5.64. The van der Waals surface area contributed by atoms with Gasteiger partial charge in [0.1, 0.15) is 12.6 Å². The Bertz CT molecular complexity index is 2050. The molecule has 2 aromatic carbocycles. The maximum atomic E-state index is 14.2. The second-order valence-corrected chi connectivity index (χ2v) is 12.2. The minimum absolute atomic E-state index is 0.0394. The minimum Gasteiger partial charge on any atom is -0.463 e. The van der Waals surface area contributed by atoms with Crippen molar-refractivity contribution in [3.63, 3.8) is 0 Å². The summed E-state index contributed by atoms with van der Waals surface area (Å²) in [6, 6.07) is 20.6. The molecule has 4 heterocycles. The third-order valence-corrected chi connectivity index (χ3v) is 9.62. The van der Waals surface area contributed by atoms with Gasteiger partial charge in [-0.05, 0) is 44.4 Å². The average molecular weight is 625 g/mol. The molecule has 1 aliphatic rings. The van der Waals surface area contributed by atoms with E-state index in [4.69, 9.17) is 9.73 Å². The van der Waals surface area contributed by atoms with E-state index in [2.05, 4.69) is 0 Å². The number of hydrogen-bond donors (Lipinski definition) is 0. The maximum Gasteiger partial charge on any atom is 0.338 e. The summed E-state index contributed by atoms with van der Waals surface area (Å²) in [4.78, 5) is 48.8. The number of esters is 1. The Morgan fingerprint density at radius 3 is 2.45 bits per heavy atom. The highest BCUT2D eigenvalue weighted by atomic mass is 32.1. The molecule has 0 fully saturated rings. The van der Waals surface area contributed by atoms with Crippen molar-refractivity contribution in [2.24, 2.45) is 4.99 Å². The molecule has 6 rings (SSSR count). The number of carbonyl (C=O) groups excluding carboxylic acids is 2. The van der Waals surface area contributed by atoms with Gasteiger partial charge >= 0.3 is 5.97 Å². The van der Waals surface area contributed by atoms with Gasteiger partial charge in [-0.15, -0.1) is 11.3 Å². The van der Waals surface area contributed by atoms with Gasteiger partial charge in [-0.3, -0.25) is 14.2 Å². The lowest BCUT2D eigenvalue weighted by atomic mass is 9.97.